The number of halogens is 1. The molecule has 0 aromatic carbocycles. The van der Waals surface area contributed by atoms with Gasteiger partial charge in [-0.05, 0) is 29.8 Å². The molecule has 0 amide bonds. The molecule has 0 unspecified atom stereocenters. The summed E-state index contributed by atoms with van der Waals surface area (Å²) in [4.78, 5) is 0. The number of hydrogen-bond acceptors (Lipinski definition) is 3. The molecule has 1 N–H and O–H groups in total. The smallest absolute Gasteiger partial charge is 0.226 e. The molecule has 2 rings (SSSR count). The molecule has 14 heavy (non-hydrogen) atoms. The Morgan fingerprint density at radius 1 is 1.57 bits per heavy atom. The highest BCUT2D eigenvalue weighted by atomic mass is 79.9. The van der Waals surface area contributed by atoms with E-state index in [4.69, 9.17) is 4.74 Å². The Hall–Kier alpha value is -0.550. The maximum atomic E-state index is 9.86. The Kier molecular flexibility index (Phi) is 2.31. The van der Waals surface area contributed by atoms with Crippen LogP contribution in [0.5, 0.6) is 5.88 Å². The predicted octanol–water partition coefficient (Wildman–Crippen LogP) is 1.66. The van der Waals surface area contributed by atoms with Crippen molar-refractivity contribution in [3.63, 3.8) is 0 Å². The van der Waals surface area contributed by atoms with E-state index in [0.717, 1.165) is 29.9 Å². The number of rotatable bonds is 1. The molecule has 0 saturated carbocycles. The zero-order chi connectivity index (χ0) is 10.3. The SMILES string of the molecule is CC(C)(O)c1nn2c(c1Br)OCCC2. The summed E-state index contributed by atoms with van der Waals surface area (Å²) in [5, 5.41) is 14.2. The summed E-state index contributed by atoms with van der Waals surface area (Å²) in [5.74, 6) is 0.730. The number of aryl methyl sites for hydroxylation is 1. The molecular formula is C9H13BrN2O2. The van der Waals surface area contributed by atoms with Gasteiger partial charge in [0.15, 0.2) is 0 Å². The third-order valence-electron chi connectivity index (χ3n) is 2.18. The first-order chi connectivity index (χ1) is 6.50. The van der Waals surface area contributed by atoms with Gasteiger partial charge in [0, 0.05) is 13.0 Å². The summed E-state index contributed by atoms with van der Waals surface area (Å²) in [6.45, 7) is 5.00. The third-order valence-corrected chi connectivity index (χ3v) is 2.90. The average molecular weight is 261 g/mol. The first-order valence-corrected chi connectivity index (χ1v) is 5.41. The van der Waals surface area contributed by atoms with Gasteiger partial charge in [0.25, 0.3) is 0 Å². The number of ether oxygens (including phenoxy) is 1. The summed E-state index contributed by atoms with van der Waals surface area (Å²) in [7, 11) is 0. The zero-order valence-corrected chi connectivity index (χ0v) is 9.84. The minimum absolute atomic E-state index is 0.634. The van der Waals surface area contributed by atoms with Crippen LogP contribution >= 0.6 is 15.9 Å². The van der Waals surface area contributed by atoms with E-state index >= 15 is 0 Å². The van der Waals surface area contributed by atoms with Crippen LogP contribution in [0.3, 0.4) is 0 Å². The Morgan fingerprint density at radius 3 is 2.86 bits per heavy atom. The molecule has 2 heterocycles. The Bertz CT molecular complexity index is 354. The van der Waals surface area contributed by atoms with Gasteiger partial charge in [0.2, 0.25) is 5.88 Å². The van der Waals surface area contributed by atoms with E-state index < -0.39 is 5.60 Å². The monoisotopic (exact) mass is 260 g/mol. The second-order valence-electron chi connectivity index (χ2n) is 3.95. The molecule has 1 aromatic rings. The third kappa shape index (κ3) is 1.54. The zero-order valence-electron chi connectivity index (χ0n) is 8.25. The lowest BCUT2D eigenvalue weighted by atomic mass is 10.1. The van der Waals surface area contributed by atoms with Crippen molar-refractivity contribution in [2.24, 2.45) is 0 Å². The lowest BCUT2D eigenvalue weighted by Gasteiger charge is -2.14. The van der Waals surface area contributed by atoms with E-state index in [1.807, 2.05) is 0 Å². The summed E-state index contributed by atoms with van der Waals surface area (Å²) >= 11 is 3.40. The molecule has 1 aliphatic rings. The minimum atomic E-state index is -0.938. The van der Waals surface area contributed by atoms with Crippen LogP contribution in [0.4, 0.5) is 0 Å². The molecule has 1 aromatic heterocycles. The summed E-state index contributed by atoms with van der Waals surface area (Å²) in [5.41, 5.74) is -0.304. The number of nitrogens with zero attached hydrogens (tertiary/aromatic N) is 2. The van der Waals surface area contributed by atoms with Crippen LogP contribution in [0.1, 0.15) is 26.0 Å². The van der Waals surface area contributed by atoms with Crippen LogP contribution in [-0.4, -0.2) is 21.5 Å². The summed E-state index contributed by atoms with van der Waals surface area (Å²) in [6, 6.07) is 0. The van der Waals surface area contributed by atoms with Crippen LogP contribution in [0, 0.1) is 0 Å². The van der Waals surface area contributed by atoms with Gasteiger partial charge in [0.1, 0.15) is 15.8 Å². The molecule has 0 radical (unpaired) electrons. The normalized spacial score (nSPS) is 16.3. The van der Waals surface area contributed by atoms with Crippen molar-refractivity contribution in [3.05, 3.63) is 10.2 Å². The summed E-state index contributed by atoms with van der Waals surface area (Å²) in [6.07, 6.45) is 0.965. The van der Waals surface area contributed by atoms with Gasteiger partial charge >= 0.3 is 0 Å². The molecule has 4 nitrogen and oxygen atoms in total. The molecule has 0 bridgehead atoms. The van der Waals surface area contributed by atoms with E-state index in [0.29, 0.717) is 5.69 Å². The van der Waals surface area contributed by atoms with Gasteiger partial charge in [-0.3, -0.25) is 0 Å². The van der Waals surface area contributed by atoms with Gasteiger partial charge in [-0.15, -0.1) is 0 Å². The van der Waals surface area contributed by atoms with Crippen molar-refractivity contribution in [1.29, 1.82) is 0 Å². The topological polar surface area (TPSA) is 47.3 Å². The van der Waals surface area contributed by atoms with E-state index in [1.165, 1.54) is 0 Å². The fourth-order valence-corrected chi connectivity index (χ4v) is 2.37. The van der Waals surface area contributed by atoms with Crippen LogP contribution in [0.15, 0.2) is 4.47 Å². The second kappa shape index (κ2) is 3.24. The van der Waals surface area contributed by atoms with E-state index in [-0.39, 0.29) is 0 Å². The molecular weight excluding hydrogens is 248 g/mol. The first-order valence-electron chi connectivity index (χ1n) is 4.62. The Balaban J connectivity index is 2.49. The average Bonchev–Trinajstić information content (AvgIpc) is 2.44. The summed E-state index contributed by atoms with van der Waals surface area (Å²) < 4.78 is 8.03. The largest absolute Gasteiger partial charge is 0.477 e. The number of aliphatic hydroxyl groups is 1. The molecule has 0 aliphatic carbocycles. The van der Waals surface area contributed by atoms with Crippen molar-refractivity contribution < 1.29 is 9.84 Å². The molecule has 0 spiro atoms. The number of hydrogen-bond donors (Lipinski definition) is 1. The predicted molar refractivity (Wildman–Crippen MR) is 55.3 cm³/mol. The van der Waals surface area contributed by atoms with Crippen LogP contribution in [0.2, 0.25) is 0 Å². The Morgan fingerprint density at radius 2 is 2.29 bits per heavy atom. The molecule has 0 atom stereocenters. The van der Waals surface area contributed by atoms with Gasteiger partial charge in [-0.2, -0.15) is 5.10 Å². The minimum Gasteiger partial charge on any atom is -0.477 e. The number of fused-ring (bicyclic) bond motifs is 1. The van der Waals surface area contributed by atoms with Crippen LogP contribution in [-0.2, 0) is 12.1 Å². The maximum absolute atomic E-state index is 9.86. The highest BCUT2D eigenvalue weighted by Crippen LogP contribution is 2.36. The van der Waals surface area contributed by atoms with Crippen molar-refractivity contribution in [3.8, 4) is 5.88 Å². The molecule has 5 heteroatoms. The molecule has 1 aliphatic heterocycles. The van der Waals surface area contributed by atoms with Gasteiger partial charge in [-0.25, -0.2) is 4.68 Å². The Labute approximate surface area is 91.0 Å². The quantitative estimate of drug-likeness (QED) is 0.836. The highest BCUT2D eigenvalue weighted by Gasteiger charge is 2.29. The van der Waals surface area contributed by atoms with Crippen LogP contribution < -0.4 is 4.74 Å². The van der Waals surface area contributed by atoms with Gasteiger partial charge in [-0.1, -0.05) is 0 Å². The lowest BCUT2D eigenvalue weighted by Crippen LogP contribution is -2.18. The van der Waals surface area contributed by atoms with Crippen molar-refractivity contribution in [2.75, 3.05) is 6.61 Å². The molecule has 78 valence electrons. The number of aromatic nitrogens is 2. The molecule has 0 saturated heterocycles. The fraction of sp³-hybridized carbons (Fsp3) is 0.667. The highest BCUT2D eigenvalue weighted by molar-refractivity contribution is 9.10. The first kappa shape index (κ1) is 9.98. The molecule has 0 fully saturated rings. The standard InChI is InChI=1S/C9H13BrN2O2/c1-9(2,13)7-6(10)8-12(11-7)4-3-5-14-8/h13H,3-5H2,1-2H3. The van der Waals surface area contributed by atoms with Gasteiger partial charge < -0.3 is 9.84 Å². The fourth-order valence-electron chi connectivity index (χ4n) is 1.49. The maximum Gasteiger partial charge on any atom is 0.226 e. The van der Waals surface area contributed by atoms with E-state index in [2.05, 4.69) is 21.0 Å². The van der Waals surface area contributed by atoms with Gasteiger partial charge in [0.05, 0.1) is 6.61 Å². The van der Waals surface area contributed by atoms with E-state index in [1.54, 1.807) is 18.5 Å². The van der Waals surface area contributed by atoms with Crippen molar-refractivity contribution in [2.45, 2.75) is 32.4 Å². The lowest BCUT2D eigenvalue weighted by molar-refractivity contribution is 0.0723. The van der Waals surface area contributed by atoms with Crippen molar-refractivity contribution >= 4 is 15.9 Å². The van der Waals surface area contributed by atoms with E-state index in [9.17, 15) is 5.11 Å². The van der Waals surface area contributed by atoms with Crippen LogP contribution in [0.25, 0.3) is 0 Å². The second-order valence-corrected chi connectivity index (χ2v) is 4.74. The van der Waals surface area contributed by atoms with Crippen molar-refractivity contribution in [1.82, 2.24) is 9.78 Å².